The number of halogens is 2. The van der Waals surface area contributed by atoms with Crippen LogP contribution >= 0.6 is 0 Å². The van der Waals surface area contributed by atoms with Crippen LogP contribution < -0.4 is 26.0 Å². The van der Waals surface area contributed by atoms with Gasteiger partial charge in [0, 0.05) is 30.9 Å². The molecular weight excluding hydrogens is 716 g/mol. The van der Waals surface area contributed by atoms with Gasteiger partial charge in [-0.05, 0) is 55.6 Å². The number of rotatable bonds is 15. The van der Waals surface area contributed by atoms with Crippen molar-refractivity contribution < 1.29 is 42.3 Å². The summed E-state index contributed by atoms with van der Waals surface area (Å²) in [4.78, 5) is 91.3. The topological polar surface area (TPSA) is 189 Å². The Labute approximate surface area is 319 Å². The van der Waals surface area contributed by atoms with Crippen LogP contribution in [0.2, 0.25) is 0 Å². The van der Waals surface area contributed by atoms with Gasteiger partial charge in [-0.3, -0.25) is 33.8 Å². The van der Waals surface area contributed by atoms with Gasteiger partial charge < -0.3 is 30.9 Å². The Hall–Kier alpha value is -5.02. The fraction of sp³-hybridized carbons (Fsp3) is 0.590. The second-order valence-electron chi connectivity index (χ2n) is 15.8. The first-order valence-corrected chi connectivity index (χ1v) is 19.1. The van der Waals surface area contributed by atoms with Crippen molar-refractivity contribution in [1.82, 2.24) is 36.1 Å². The van der Waals surface area contributed by atoms with E-state index in [1.165, 1.54) is 29.6 Å². The zero-order chi connectivity index (χ0) is 39.9. The fourth-order valence-corrected chi connectivity index (χ4v) is 7.13. The van der Waals surface area contributed by atoms with Crippen molar-refractivity contribution in [3.8, 4) is 5.75 Å². The third kappa shape index (κ3) is 10.8. The van der Waals surface area contributed by atoms with Crippen molar-refractivity contribution in [2.45, 2.75) is 128 Å². The molecule has 3 aliphatic rings. The molecule has 2 saturated carbocycles. The van der Waals surface area contributed by atoms with Crippen LogP contribution in [0, 0.1) is 23.0 Å². The van der Waals surface area contributed by atoms with Gasteiger partial charge in [0.05, 0.1) is 18.8 Å². The lowest BCUT2D eigenvalue weighted by atomic mass is 9.82. The van der Waals surface area contributed by atoms with Gasteiger partial charge in [-0.2, -0.15) is 0 Å². The Morgan fingerprint density at radius 2 is 1.67 bits per heavy atom. The molecule has 0 spiro atoms. The van der Waals surface area contributed by atoms with Gasteiger partial charge in [0.1, 0.15) is 35.7 Å². The average Bonchev–Trinajstić information content (AvgIpc) is 3.88. The second kappa shape index (κ2) is 18.1. The highest BCUT2D eigenvalue weighted by Crippen LogP contribution is 2.31. The lowest BCUT2D eigenvalue weighted by Crippen LogP contribution is -2.62. The lowest BCUT2D eigenvalue weighted by Gasteiger charge is -2.37. The number of benzene rings is 1. The Morgan fingerprint density at radius 1 is 0.945 bits per heavy atom. The molecule has 5 rings (SSSR count). The van der Waals surface area contributed by atoms with Crippen LogP contribution in [0.4, 0.5) is 8.78 Å². The molecular formula is C39H51F2N7O7. The summed E-state index contributed by atoms with van der Waals surface area (Å²) in [5.74, 6) is -6.58. The Morgan fingerprint density at radius 3 is 2.29 bits per heavy atom. The monoisotopic (exact) mass is 767 g/mol. The van der Waals surface area contributed by atoms with E-state index >= 15 is 0 Å². The molecule has 1 unspecified atom stereocenters. The smallest absolute Gasteiger partial charge is 0.289 e. The van der Waals surface area contributed by atoms with Crippen molar-refractivity contribution in [1.29, 1.82) is 0 Å². The van der Waals surface area contributed by atoms with E-state index in [4.69, 9.17) is 4.74 Å². The molecule has 1 saturated heterocycles. The molecule has 4 N–H and O–H groups in total. The molecule has 1 aromatic carbocycles. The number of Topliss-reactive ketones (excluding diaryl/α,β-unsaturated/α-hetero) is 1. The summed E-state index contributed by atoms with van der Waals surface area (Å²) in [5, 5.41) is 11.1. The van der Waals surface area contributed by atoms with Crippen molar-refractivity contribution in [2.75, 3.05) is 6.54 Å². The molecule has 16 heteroatoms. The highest BCUT2D eigenvalue weighted by Gasteiger charge is 2.47. The van der Waals surface area contributed by atoms with Crippen LogP contribution in [0.3, 0.4) is 0 Å². The number of ether oxygens (including phenoxy) is 1. The quantitative estimate of drug-likeness (QED) is 0.198. The Balaban J connectivity index is 1.40. The van der Waals surface area contributed by atoms with Gasteiger partial charge in [0.15, 0.2) is 11.6 Å². The molecule has 55 heavy (non-hydrogen) atoms. The largest absolute Gasteiger partial charge is 0.488 e. The van der Waals surface area contributed by atoms with Gasteiger partial charge in [0.2, 0.25) is 23.5 Å². The van der Waals surface area contributed by atoms with Gasteiger partial charge in [-0.25, -0.2) is 13.8 Å². The van der Waals surface area contributed by atoms with Crippen LogP contribution in [0.15, 0.2) is 36.8 Å². The SMILES string of the molecule is CCC[C@H](NC(=O)[C@@H]1C[C@@H](Oc2ccc(F)c(F)c2)CN1C(=O)[C@@H](NC(=O)C(NC(=O)c1cnccn1)C1CCCCC1)C(C)(C)C)C(=O)C(=O)NC1CC1. The zero-order valence-corrected chi connectivity index (χ0v) is 31.7. The van der Waals surface area contributed by atoms with Gasteiger partial charge in [-0.15, -0.1) is 0 Å². The van der Waals surface area contributed by atoms with E-state index in [0.717, 1.165) is 44.2 Å². The minimum atomic E-state index is -1.23. The number of carbonyl (C=O) groups excluding carboxylic acids is 6. The number of ketones is 1. The highest BCUT2D eigenvalue weighted by atomic mass is 19.2. The summed E-state index contributed by atoms with van der Waals surface area (Å²) in [5.41, 5.74) is -0.886. The average molecular weight is 768 g/mol. The minimum Gasteiger partial charge on any atom is -0.488 e. The number of carbonyl (C=O) groups is 6. The number of aromatic nitrogens is 2. The maximum Gasteiger partial charge on any atom is 0.289 e. The van der Waals surface area contributed by atoms with E-state index in [2.05, 4.69) is 31.2 Å². The molecule has 0 radical (unpaired) electrons. The molecule has 2 aromatic rings. The molecule has 0 bridgehead atoms. The van der Waals surface area contributed by atoms with Gasteiger partial charge in [-0.1, -0.05) is 53.4 Å². The third-order valence-electron chi connectivity index (χ3n) is 10.3. The van der Waals surface area contributed by atoms with E-state index in [-0.39, 0.29) is 42.8 Å². The number of nitrogens with one attached hydrogen (secondary N) is 4. The summed E-state index contributed by atoms with van der Waals surface area (Å²) in [6.45, 7) is 6.87. The highest BCUT2D eigenvalue weighted by molar-refractivity contribution is 6.38. The van der Waals surface area contributed by atoms with Crippen LogP contribution in [-0.4, -0.2) is 93.0 Å². The minimum absolute atomic E-state index is 0.0250. The first-order valence-electron chi connectivity index (χ1n) is 19.1. The molecule has 5 amide bonds. The van der Waals surface area contributed by atoms with E-state index in [9.17, 15) is 37.5 Å². The zero-order valence-electron chi connectivity index (χ0n) is 31.7. The second-order valence-corrected chi connectivity index (χ2v) is 15.8. The molecule has 1 aliphatic heterocycles. The van der Waals surface area contributed by atoms with Crippen LogP contribution in [0.1, 0.15) is 102 Å². The van der Waals surface area contributed by atoms with Crippen LogP contribution in [-0.2, 0) is 24.0 Å². The normalized spacial score (nSPS) is 20.4. The Bertz CT molecular complexity index is 1730. The van der Waals surface area contributed by atoms with Crippen LogP contribution in [0.5, 0.6) is 5.75 Å². The number of likely N-dealkylation sites (tertiary alicyclic amines) is 1. The number of amides is 5. The van der Waals surface area contributed by atoms with E-state index in [0.29, 0.717) is 19.3 Å². The van der Waals surface area contributed by atoms with Crippen LogP contribution in [0.25, 0.3) is 0 Å². The van der Waals surface area contributed by atoms with E-state index < -0.39 is 82.6 Å². The third-order valence-corrected chi connectivity index (χ3v) is 10.3. The van der Waals surface area contributed by atoms with Gasteiger partial charge >= 0.3 is 0 Å². The molecule has 1 aromatic heterocycles. The van der Waals surface area contributed by atoms with E-state index in [1.807, 2.05) is 0 Å². The molecule has 5 atom stereocenters. The summed E-state index contributed by atoms with van der Waals surface area (Å²) in [7, 11) is 0. The summed E-state index contributed by atoms with van der Waals surface area (Å²) in [6.07, 6.45) is 9.38. The maximum absolute atomic E-state index is 14.7. The van der Waals surface area contributed by atoms with Crippen molar-refractivity contribution in [2.24, 2.45) is 11.3 Å². The number of hydrogen-bond donors (Lipinski definition) is 4. The van der Waals surface area contributed by atoms with Gasteiger partial charge in [0.25, 0.3) is 11.8 Å². The molecule has 298 valence electrons. The van der Waals surface area contributed by atoms with Crippen molar-refractivity contribution in [3.63, 3.8) is 0 Å². The molecule has 3 fully saturated rings. The lowest BCUT2D eigenvalue weighted by molar-refractivity contribution is -0.145. The standard InChI is InChI=1S/C39H51F2N7O7/c1-5-9-28(32(49)37(53)44-23-12-13-23)45-35(51)30-19-25(55-24-14-15-26(40)27(41)18-24)21-48(30)38(54)33(39(2,3)4)47-36(52)31(22-10-7-6-8-11-22)46-34(50)29-20-42-16-17-43-29/h14-18,20,22-23,25,28,30-31,33H,5-13,19,21H2,1-4H3,(H,44,53)(H,45,51)(H,46,50)(H,47,52)/t25-,28+,30+,31?,33-/m1/s1. The summed E-state index contributed by atoms with van der Waals surface area (Å²) < 4.78 is 33.8. The van der Waals surface area contributed by atoms with Crippen molar-refractivity contribution >= 4 is 35.3 Å². The summed E-state index contributed by atoms with van der Waals surface area (Å²) in [6, 6.07) is -1.69. The molecule has 14 nitrogen and oxygen atoms in total. The first-order chi connectivity index (χ1) is 26.2. The Kier molecular flexibility index (Phi) is 13.5. The first kappa shape index (κ1) is 41.1. The molecule has 2 aliphatic carbocycles. The predicted molar refractivity (Wildman–Crippen MR) is 195 cm³/mol. The predicted octanol–water partition coefficient (Wildman–Crippen LogP) is 3.15. The number of nitrogens with zero attached hydrogens (tertiary/aromatic N) is 3. The van der Waals surface area contributed by atoms with Crippen molar-refractivity contribution in [3.05, 3.63) is 54.1 Å². The fourth-order valence-electron chi connectivity index (χ4n) is 7.13. The van der Waals surface area contributed by atoms with E-state index in [1.54, 1.807) is 27.7 Å². The molecule has 2 heterocycles. The maximum atomic E-state index is 14.7. The number of hydrogen-bond acceptors (Lipinski definition) is 9. The summed E-state index contributed by atoms with van der Waals surface area (Å²) >= 11 is 0.